The van der Waals surface area contributed by atoms with Crippen molar-refractivity contribution in [3.05, 3.63) is 47.5 Å². The van der Waals surface area contributed by atoms with Gasteiger partial charge in [-0.15, -0.1) is 0 Å². The zero-order valence-corrected chi connectivity index (χ0v) is 19.5. The molecule has 0 aliphatic heterocycles. The van der Waals surface area contributed by atoms with Crippen LogP contribution in [0.5, 0.6) is 0 Å². The lowest BCUT2D eigenvalue weighted by molar-refractivity contribution is 0.246. The van der Waals surface area contributed by atoms with Crippen LogP contribution in [0.2, 0.25) is 0 Å². The average molecular weight is 413 g/mol. The highest BCUT2D eigenvalue weighted by Gasteiger charge is 2.24. The molecule has 0 heterocycles. The van der Waals surface area contributed by atoms with Crippen molar-refractivity contribution >= 4 is 0 Å². The van der Waals surface area contributed by atoms with Crippen LogP contribution in [0.1, 0.15) is 114 Å². The van der Waals surface area contributed by atoms with E-state index in [1.165, 1.54) is 95.5 Å². The monoisotopic (exact) mass is 412 g/mol. The zero-order valence-electron chi connectivity index (χ0n) is 19.5. The summed E-state index contributed by atoms with van der Waals surface area (Å²) in [6, 6.07) is 9.62. The topological polar surface area (TPSA) is 0 Å². The Morgan fingerprint density at radius 3 is 2.07 bits per heavy atom. The Kier molecular flexibility index (Phi) is 10.5. The van der Waals surface area contributed by atoms with Crippen molar-refractivity contribution in [2.24, 2.45) is 17.8 Å². The molecule has 1 heteroatoms. The molecular weight excluding hydrogens is 367 g/mol. The molecule has 0 bridgehead atoms. The van der Waals surface area contributed by atoms with Gasteiger partial charge in [0.25, 0.3) is 0 Å². The number of unbranched alkanes of at least 4 members (excludes halogenated alkanes) is 2. The second kappa shape index (κ2) is 13.3. The van der Waals surface area contributed by atoms with Crippen LogP contribution in [-0.2, 0) is 6.42 Å². The zero-order chi connectivity index (χ0) is 21.0. The van der Waals surface area contributed by atoms with E-state index in [1.54, 1.807) is 5.56 Å². The molecule has 2 saturated carbocycles. The van der Waals surface area contributed by atoms with Crippen LogP contribution in [-0.4, -0.2) is 6.67 Å². The van der Waals surface area contributed by atoms with Gasteiger partial charge in [-0.2, -0.15) is 0 Å². The van der Waals surface area contributed by atoms with Crippen molar-refractivity contribution in [3.63, 3.8) is 0 Å². The first-order valence-corrected chi connectivity index (χ1v) is 13.1. The molecule has 0 saturated heterocycles. The molecule has 0 radical (unpaired) electrons. The Bertz CT molecular complexity index is 585. The Hall–Kier alpha value is -1.11. The summed E-state index contributed by atoms with van der Waals surface area (Å²) in [5.74, 6) is 3.45. The van der Waals surface area contributed by atoms with Gasteiger partial charge in [0, 0.05) is 0 Å². The fraction of sp³-hybridized carbons (Fsp3) is 0.724. The molecule has 0 N–H and O–H groups in total. The number of hydrogen-bond donors (Lipinski definition) is 0. The maximum Gasteiger partial charge on any atom is 0.0928 e. The lowest BCUT2D eigenvalue weighted by Gasteiger charge is -2.31. The highest BCUT2D eigenvalue weighted by molar-refractivity contribution is 5.26. The molecule has 1 aromatic carbocycles. The van der Waals surface area contributed by atoms with E-state index in [0.717, 1.165) is 23.7 Å². The van der Waals surface area contributed by atoms with Gasteiger partial charge in [-0.3, -0.25) is 4.39 Å². The normalized spacial score (nSPS) is 27.5. The van der Waals surface area contributed by atoms with Gasteiger partial charge in [-0.1, -0.05) is 69.0 Å². The second-order valence-electron chi connectivity index (χ2n) is 10.2. The van der Waals surface area contributed by atoms with Crippen molar-refractivity contribution in [3.8, 4) is 0 Å². The van der Waals surface area contributed by atoms with E-state index in [4.69, 9.17) is 0 Å². The van der Waals surface area contributed by atoms with Gasteiger partial charge in [0.2, 0.25) is 0 Å². The summed E-state index contributed by atoms with van der Waals surface area (Å²) in [6.45, 7) is 2.07. The number of halogens is 1. The highest BCUT2D eigenvalue weighted by atomic mass is 19.1. The molecule has 0 nitrogen and oxygen atoms in total. The summed E-state index contributed by atoms with van der Waals surface area (Å²) in [4.78, 5) is 0. The fourth-order valence-corrected chi connectivity index (χ4v) is 5.81. The molecule has 2 fully saturated rings. The Labute approximate surface area is 185 Å². The Balaban J connectivity index is 1.31. The predicted molar refractivity (Wildman–Crippen MR) is 129 cm³/mol. The van der Waals surface area contributed by atoms with Crippen molar-refractivity contribution in [2.45, 2.75) is 109 Å². The van der Waals surface area contributed by atoms with Gasteiger partial charge in [0.15, 0.2) is 0 Å². The quantitative estimate of drug-likeness (QED) is 0.251. The largest absolute Gasteiger partial charge is 0.251 e. The van der Waals surface area contributed by atoms with Gasteiger partial charge in [0.05, 0.1) is 6.67 Å². The molecule has 2 aliphatic carbocycles. The maximum atomic E-state index is 12.2. The summed E-state index contributed by atoms with van der Waals surface area (Å²) in [6.07, 6.45) is 24.2. The Morgan fingerprint density at radius 2 is 1.47 bits per heavy atom. The standard InChI is InChI=1S/C29H45F/c1-2-3-4-7-25-15-19-28(20-16-25)29-21-17-27(18-22-29)14-13-26-11-9-24(10-12-26)8-5-6-23-30/h5,8,15-16,19-20,24,26-27,29H,2-4,6-7,9-14,17-18,21-23H2,1H3/b8-5+/t24-,26-,27?,29?. The smallest absolute Gasteiger partial charge is 0.0928 e. The molecule has 1 aromatic rings. The van der Waals surface area contributed by atoms with E-state index in [9.17, 15) is 4.39 Å². The van der Waals surface area contributed by atoms with Gasteiger partial charge in [-0.25, -0.2) is 0 Å². The molecule has 3 rings (SSSR count). The highest BCUT2D eigenvalue weighted by Crippen LogP contribution is 2.40. The molecular formula is C29H45F. The van der Waals surface area contributed by atoms with Gasteiger partial charge in [0.1, 0.15) is 0 Å². The van der Waals surface area contributed by atoms with Crippen LogP contribution < -0.4 is 0 Å². The number of benzene rings is 1. The number of hydrogen-bond acceptors (Lipinski definition) is 0. The summed E-state index contributed by atoms with van der Waals surface area (Å²) < 4.78 is 12.2. The first kappa shape index (κ1) is 23.6. The van der Waals surface area contributed by atoms with Crippen molar-refractivity contribution in [1.29, 1.82) is 0 Å². The first-order chi connectivity index (χ1) is 14.8. The number of allylic oxidation sites excluding steroid dienone is 2. The van der Waals surface area contributed by atoms with E-state index in [2.05, 4.69) is 43.3 Å². The van der Waals surface area contributed by atoms with Crippen LogP contribution in [0.25, 0.3) is 0 Å². The molecule has 168 valence electrons. The predicted octanol–water partition coefficient (Wildman–Crippen LogP) is 9.20. The number of alkyl halides is 1. The molecule has 0 atom stereocenters. The lowest BCUT2D eigenvalue weighted by Crippen LogP contribution is -2.17. The van der Waals surface area contributed by atoms with Crippen molar-refractivity contribution < 1.29 is 4.39 Å². The average Bonchev–Trinajstić information content (AvgIpc) is 2.80. The van der Waals surface area contributed by atoms with Crippen molar-refractivity contribution in [2.75, 3.05) is 6.67 Å². The van der Waals surface area contributed by atoms with Crippen molar-refractivity contribution in [1.82, 2.24) is 0 Å². The summed E-state index contributed by atoms with van der Waals surface area (Å²) in [5.41, 5.74) is 3.11. The molecule has 2 aliphatic rings. The summed E-state index contributed by atoms with van der Waals surface area (Å²) >= 11 is 0. The van der Waals surface area contributed by atoms with Crippen LogP contribution in [0.4, 0.5) is 4.39 Å². The van der Waals surface area contributed by atoms with Gasteiger partial charge >= 0.3 is 0 Å². The van der Waals surface area contributed by atoms with Crippen LogP contribution in [0.3, 0.4) is 0 Å². The van der Waals surface area contributed by atoms with E-state index in [1.807, 2.05) is 0 Å². The maximum absolute atomic E-state index is 12.2. The number of rotatable bonds is 11. The lowest BCUT2D eigenvalue weighted by atomic mass is 9.74. The van der Waals surface area contributed by atoms with Crippen LogP contribution >= 0.6 is 0 Å². The van der Waals surface area contributed by atoms with Gasteiger partial charge < -0.3 is 0 Å². The van der Waals surface area contributed by atoms with E-state index in [0.29, 0.717) is 6.42 Å². The minimum atomic E-state index is -0.210. The first-order valence-electron chi connectivity index (χ1n) is 13.1. The molecule has 0 amide bonds. The molecule has 30 heavy (non-hydrogen) atoms. The summed E-state index contributed by atoms with van der Waals surface area (Å²) in [7, 11) is 0. The third-order valence-electron chi connectivity index (χ3n) is 7.93. The number of aryl methyl sites for hydroxylation is 1. The minimum absolute atomic E-state index is 0.210. The fourth-order valence-electron chi connectivity index (χ4n) is 5.81. The Morgan fingerprint density at radius 1 is 0.833 bits per heavy atom. The second-order valence-corrected chi connectivity index (χ2v) is 10.2. The van der Waals surface area contributed by atoms with Crippen LogP contribution in [0, 0.1) is 17.8 Å². The minimum Gasteiger partial charge on any atom is -0.251 e. The van der Waals surface area contributed by atoms with E-state index >= 15 is 0 Å². The third kappa shape index (κ3) is 7.86. The van der Waals surface area contributed by atoms with E-state index < -0.39 is 0 Å². The van der Waals surface area contributed by atoms with Gasteiger partial charge in [-0.05, 0) is 105 Å². The molecule has 0 spiro atoms. The molecule has 0 unspecified atom stereocenters. The summed E-state index contributed by atoms with van der Waals surface area (Å²) in [5, 5.41) is 0. The molecule has 0 aromatic heterocycles. The third-order valence-corrected chi connectivity index (χ3v) is 7.93. The van der Waals surface area contributed by atoms with E-state index in [-0.39, 0.29) is 6.67 Å². The van der Waals surface area contributed by atoms with Crippen LogP contribution in [0.15, 0.2) is 36.4 Å². The SMILES string of the molecule is CCCCCc1ccc(C2CCC(CC[C@H]3CC[C@H](/C=C/CCF)CC3)CC2)cc1.